The molecule has 4 aromatic rings. The highest BCUT2D eigenvalue weighted by atomic mass is 32.1. The Kier molecular flexibility index (Phi) is 9.01. The number of likely N-dealkylation sites (N-methyl/N-ethyl adjacent to an activating group) is 1. The second-order valence-electron chi connectivity index (χ2n) is 9.22. The lowest BCUT2D eigenvalue weighted by molar-refractivity contribution is 0.588. The Morgan fingerprint density at radius 3 is 2.50 bits per heavy atom. The summed E-state index contributed by atoms with van der Waals surface area (Å²) in [6.45, 7) is 12.7. The monoisotopic (exact) mass is 521 g/mol. The van der Waals surface area contributed by atoms with E-state index < -0.39 is 0 Å². The number of thiophene rings is 1. The predicted octanol–water partition coefficient (Wildman–Crippen LogP) is 6.86. The van der Waals surface area contributed by atoms with E-state index in [1.807, 2.05) is 37.5 Å². The molecule has 0 bridgehead atoms. The zero-order valence-electron chi connectivity index (χ0n) is 21.8. The minimum absolute atomic E-state index is 0.0216. The first-order valence-electron chi connectivity index (χ1n) is 12.6. The highest BCUT2D eigenvalue weighted by Gasteiger charge is 2.14. The summed E-state index contributed by atoms with van der Waals surface area (Å²) in [5.41, 5.74) is 15.0. The molecule has 1 unspecified atom stereocenters. The summed E-state index contributed by atoms with van der Waals surface area (Å²) >= 11 is 1.71. The Morgan fingerprint density at radius 1 is 1.00 bits per heavy atom. The summed E-state index contributed by atoms with van der Waals surface area (Å²) in [6.07, 6.45) is 6.20. The molecule has 194 valence electrons. The highest BCUT2D eigenvalue weighted by Crippen LogP contribution is 2.31. The second kappa shape index (κ2) is 12.8. The van der Waals surface area contributed by atoms with Gasteiger partial charge in [-0.25, -0.2) is 0 Å². The van der Waals surface area contributed by atoms with E-state index in [4.69, 9.17) is 5.73 Å². The van der Waals surface area contributed by atoms with E-state index in [1.54, 1.807) is 17.5 Å². The number of pyridine rings is 1. The summed E-state index contributed by atoms with van der Waals surface area (Å²) < 4.78 is 0. The van der Waals surface area contributed by atoms with Crippen molar-refractivity contribution in [3.63, 3.8) is 0 Å². The quantitative estimate of drug-likeness (QED) is 0.145. The number of benzene rings is 2. The molecule has 4 rings (SSSR count). The topological polar surface area (TPSA) is 75.0 Å². The SMILES string of the molecule is C=C(CCc1cccnc1)NC(Cc1ccc(C(=C)Nc2cc(-c3cccs3)ccc2N)cc1)C(=C)NC. The van der Waals surface area contributed by atoms with Gasteiger partial charge in [-0.2, -0.15) is 0 Å². The molecule has 0 radical (unpaired) electrons. The summed E-state index contributed by atoms with van der Waals surface area (Å²) in [4.78, 5) is 5.39. The zero-order chi connectivity index (χ0) is 26.9. The van der Waals surface area contributed by atoms with Gasteiger partial charge in [-0.3, -0.25) is 4.98 Å². The maximum Gasteiger partial charge on any atom is 0.0690 e. The van der Waals surface area contributed by atoms with Crippen molar-refractivity contribution in [1.29, 1.82) is 0 Å². The fourth-order valence-corrected chi connectivity index (χ4v) is 4.89. The van der Waals surface area contributed by atoms with Gasteiger partial charge in [-0.15, -0.1) is 11.3 Å². The van der Waals surface area contributed by atoms with E-state index in [-0.39, 0.29) is 6.04 Å². The third-order valence-electron chi connectivity index (χ3n) is 6.45. The minimum atomic E-state index is 0.0216. The lowest BCUT2D eigenvalue weighted by atomic mass is 10.0. The van der Waals surface area contributed by atoms with Crippen LogP contribution in [0.2, 0.25) is 0 Å². The molecule has 5 nitrogen and oxygen atoms in total. The maximum absolute atomic E-state index is 6.25. The maximum atomic E-state index is 6.25. The van der Waals surface area contributed by atoms with Gasteiger partial charge in [-0.1, -0.05) is 62.2 Å². The largest absolute Gasteiger partial charge is 0.397 e. The number of nitrogen functional groups attached to an aromatic ring is 1. The van der Waals surface area contributed by atoms with E-state index >= 15 is 0 Å². The third-order valence-corrected chi connectivity index (χ3v) is 7.36. The first-order valence-corrected chi connectivity index (χ1v) is 13.5. The highest BCUT2D eigenvalue weighted by molar-refractivity contribution is 7.13. The van der Waals surface area contributed by atoms with Crippen LogP contribution in [0.5, 0.6) is 0 Å². The van der Waals surface area contributed by atoms with Crippen molar-refractivity contribution in [2.75, 3.05) is 18.1 Å². The number of allylic oxidation sites excluding steroid dienone is 1. The molecule has 0 aliphatic rings. The van der Waals surface area contributed by atoms with Crippen LogP contribution in [0.3, 0.4) is 0 Å². The molecule has 0 fully saturated rings. The van der Waals surface area contributed by atoms with E-state index in [9.17, 15) is 0 Å². The normalized spacial score (nSPS) is 11.4. The van der Waals surface area contributed by atoms with Crippen LogP contribution in [0.4, 0.5) is 11.4 Å². The Balaban J connectivity index is 1.38. The van der Waals surface area contributed by atoms with Crippen LogP contribution in [-0.2, 0) is 12.8 Å². The van der Waals surface area contributed by atoms with Crippen molar-refractivity contribution >= 4 is 28.4 Å². The van der Waals surface area contributed by atoms with Crippen molar-refractivity contribution < 1.29 is 0 Å². The summed E-state index contributed by atoms with van der Waals surface area (Å²) in [6, 6.07) is 22.7. The number of aromatic nitrogens is 1. The van der Waals surface area contributed by atoms with Gasteiger partial charge < -0.3 is 21.7 Å². The fourth-order valence-electron chi connectivity index (χ4n) is 4.17. The van der Waals surface area contributed by atoms with Crippen molar-refractivity contribution in [3.8, 4) is 10.4 Å². The van der Waals surface area contributed by atoms with Gasteiger partial charge in [0.1, 0.15) is 0 Å². The van der Waals surface area contributed by atoms with Gasteiger partial charge in [0.2, 0.25) is 0 Å². The summed E-state index contributed by atoms with van der Waals surface area (Å²) in [7, 11) is 1.90. The summed E-state index contributed by atoms with van der Waals surface area (Å²) in [5, 5.41) is 12.2. The first-order chi connectivity index (χ1) is 18.4. The molecular formula is C32H35N5S. The second-order valence-corrected chi connectivity index (χ2v) is 10.2. The summed E-state index contributed by atoms with van der Waals surface area (Å²) in [5.74, 6) is 0. The molecular weight excluding hydrogens is 486 g/mol. The van der Waals surface area contributed by atoms with Crippen LogP contribution >= 0.6 is 11.3 Å². The molecule has 2 aromatic heterocycles. The molecule has 2 heterocycles. The Hall–Kier alpha value is -4.29. The van der Waals surface area contributed by atoms with Gasteiger partial charge in [0, 0.05) is 41.4 Å². The van der Waals surface area contributed by atoms with Crippen LogP contribution in [0.15, 0.2) is 116 Å². The molecule has 0 aliphatic heterocycles. The standard InChI is InChI=1S/C32H35N5S/c1-22(9-10-26-7-5-17-35-21-26)36-30(24(3)34-4)19-25-11-13-27(14-12-25)23(2)37-31-20-28(15-16-29(31)33)32-8-6-18-38-32/h5-8,11-18,20-21,30,34,36-37H,1-3,9-10,19,33H2,4H3. The lowest BCUT2D eigenvalue weighted by Crippen LogP contribution is -2.36. The van der Waals surface area contributed by atoms with Gasteiger partial charge in [0.05, 0.1) is 17.4 Å². The lowest BCUT2D eigenvalue weighted by Gasteiger charge is -2.24. The molecule has 6 heteroatoms. The predicted molar refractivity (Wildman–Crippen MR) is 164 cm³/mol. The van der Waals surface area contributed by atoms with Crippen LogP contribution in [-0.4, -0.2) is 18.1 Å². The average molecular weight is 522 g/mol. The van der Waals surface area contributed by atoms with Crippen molar-refractivity contribution in [3.05, 3.63) is 132 Å². The molecule has 38 heavy (non-hydrogen) atoms. The van der Waals surface area contributed by atoms with E-state index in [2.05, 4.69) is 88.5 Å². The van der Waals surface area contributed by atoms with Crippen molar-refractivity contribution in [2.45, 2.75) is 25.3 Å². The Labute approximate surface area is 229 Å². The molecule has 2 aromatic carbocycles. The van der Waals surface area contributed by atoms with Gasteiger partial charge in [-0.05, 0) is 71.2 Å². The number of aryl methyl sites for hydroxylation is 1. The number of hydrogen-bond acceptors (Lipinski definition) is 6. The number of anilines is 2. The molecule has 0 amide bonds. The smallest absolute Gasteiger partial charge is 0.0690 e. The molecule has 0 saturated heterocycles. The number of rotatable bonds is 13. The molecule has 0 aliphatic carbocycles. The van der Waals surface area contributed by atoms with Gasteiger partial charge in [0.25, 0.3) is 0 Å². The van der Waals surface area contributed by atoms with Gasteiger partial charge >= 0.3 is 0 Å². The Morgan fingerprint density at radius 2 is 1.82 bits per heavy atom. The average Bonchev–Trinajstić information content (AvgIpc) is 3.48. The molecule has 0 saturated carbocycles. The zero-order valence-corrected chi connectivity index (χ0v) is 22.7. The van der Waals surface area contributed by atoms with Gasteiger partial charge in [0.15, 0.2) is 0 Å². The molecule has 5 N–H and O–H groups in total. The van der Waals surface area contributed by atoms with Crippen LogP contribution in [0, 0.1) is 0 Å². The van der Waals surface area contributed by atoms with E-state index in [0.29, 0.717) is 5.69 Å². The number of nitrogens with two attached hydrogens (primary N) is 1. The van der Waals surface area contributed by atoms with Crippen LogP contribution in [0.1, 0.15) is 23.1 Å². The number of hydrogen-bond donors (Lipinski definition) is 4. The fraction of sp³-hybridized carbons (Fsp3) is 0.156. The number of nitrogens with zero attached hydrogens (tertiary/aromatic N) is 1. The third kappa shape index (κ3) is 7.14. The van der Waals surface area contributed by atoms with Crippen LogP contribution < -0.4 is 21.7 Å². The minimum Gasteiger partial charge on any atom is -0.397 e. The van der Waals surface area contributed by atoms with Crippen LogP contribution in [0.25, 0.3) is 16.1 Å². The van der Waals surface area contributed by atoms with E-state index in [0.717, 1.165) is 53.2 Å². The van der Waals surface area contributed by atoms with E-state index in [1.165, 1.54) is 16.0 Å². The molecule has 1 atom stereocenters. The molecule has 0 spiro atoms. The van der Waals surface area contributed by atoms with Crippen molar-refractivity contribution in [2.24, 2.45) is 0 Å². The van der Waals surface area contributed by atoms with Crippen molar-refractivity contribution in [1.82, 2.24) is 15.6 Å². The number of nitrogens with one attached hydrogen (secondary N) is 3. The first kappa shape index (κ1) is 26.8. The Bertz CT molecular complexity index is 1380.